The summed E-state index contributed by atoms with van der Waals surface area (Å²) in [4.78, 5) is 2.11. The molecule has 20 heavy (non-hydrogen) atoms. The van der Waals surface area contributed by atoms with E-state index in [1.165, 1.54) is 19.3 Å². The van der Waals surface area contributed by atoms with Crippen LogP contribution < -0.4 is 0 Å². The monoisotopic (exact) mass is 341 g/mol. The van der Waals surface area contributed by atoms with Crippen molar-refractivity contribution >= 4 is 25.3 Å². The Morgan fingerprint density at radius 2 is 1.25 bits per heavy atom. The minimum atomic E-state index is 0. The Hall–Kier alpha value is -0.0556. The van der Waals surface area contributed by atoms with Crippen LogP contribution in [0.3, 0.4) is 0 Å². The fourth-order valence-corrected chi connectivity index (χ4v) is 2.08. The number of hydrogen-bond acceptors (Lipinski definition) is 3. The van der Waals surface area contributed by atoms with Gasteiger partial charge in [-0.25, -0.2) is 12.1 Å². The van der Waals surface area contributed by atoms with Crippen molar-refractivity contribution in [1.82, 2.24) is 4.90 Å². The van der Waals surface area contributed by atoms with Crippen LogP contribution in [0.15, 0.2) is 60.7 Å². The maximum atomic E-state index is 4.86. The maximum absolute atomic E-state index is 4.86. The molecule has 1 nitrogen and oxygen atoms in total. The van der Waals surface area contributed by atoms with Gasteiger partial charge >= 0.3 is 0 Å². The molecule has 0 unspecified atom stereocenters. The minimum Gasteiger partial charge on any atom is -1.02 e. The zero-order valence-corrected chi connectivity index (χ0v) is 14.5. The molecule has 0 amide bonds. The molecule has 1 aliphatic rings. The van der Waals surface area contributed by atoms with Gasteiger partial charge in [-0.2, -0.15) is 18.2 Å². The molecule has 0 aromatic heterocycles. The van der Waals surface area contributed by atoms with Crippen LogP contribution in [0.25, 0.3) is 0 Å². The Morgan fingerprint density at radius 1 is 0.800 bits per heavy atom. The summed E-state index contributed by atoms with van der Waals surface area (Å²) in [6.45, 7) is 2.17. The molecule has 2 aromatic rings. The van der Waals surface area contributed by atoms with E-state index in [9.17, 15) is 0 Å². The molecule has 115 valence electrons. The van der Waals surface area contributed by atoms with Gasteiger partial charge in [0, 0.05) is 18.6 Å². The SMILES string of the molecule is [S-][C-]([S-])N1CCCCC1.[V].[cH-]1[cH-][cH-][cH-][cH-]1.c1cc[cH-]c1. The minimum absolute atomic E-state index is 0. The van der Waals surface area contributed by atoms with Crippen molar-refractivity contribution in [3.05, 3.63) is 65.4 Å². The summed E-state index contributed by atoms with van der Waals surface area (Å²) in [6.07, 6.45) is 3.86. The van der Waals surface area contributed by atoms with E-state index in [4.69, 9.17) is 25.3 Å². The molecule has 3 rings (SSSR count). The molecule has 0 atom stereocenters. The first-order chi connectivity index (χ1) is 9.30. The third-order valence-corrected chi connectivity index (χ3v) is 3.24. The van der Waals surface area contributed by atoms with Crippen LogP contribution in [-0.2, 0) is 43.8 Å². The first-order valence-electron chi connectivity index (χ1n) is 6.60. The fraction of sp³-hybridized carbons (Fsp3) is 0.312. The average Bonchev–Trinajstić information content (AvgIpc) is 3.18. The van der Waals surface area contributed by atoms with Gasteiger partial charge in [0.2, 0.25) is 0 Å². The maximum Gasteiger partial charge on any atom is 0 e. The Morgan fingerprint density at radius 3 is 1.50 bits per heavy atom. The Balaban J connectivity index is 0.000000282. The first kappa shape index (κ1) is 19.9. The average molecular weight is 341 g/mol. The number of piperidine rings is 1. The molecule has 1 radical (unpaired) electrons. The van der Waals surface area contributed by atoms with Crippen molar-refractivity contribution in [2.24, 2.45) is 0 Å². The van der Waals surface area contributed by atoms with Crippen LogP contribution in [-0.4, -0.2) is 18.0 Å². The van der Waals surface area contributed by atoms with Crippen LogP contribution in [0.2, 0.25) is 0 Å². The number of hydrogen-bond donors (Lipinski definition) is 0. The molecule has 4 heteroatoms. The summed E-state index contributed by atoms with van der Waals surface area (Å²) in [5.74, 6) is 0. The van der Waals surface area contributed by atoms with Gasteiger partial charge in [-0.05, 0) is 25.9 Å². The molecule has 1 fully saturated rings. The van der Waals surface area contributed by atoms with Gasteiger partial charge in [-0.3, -0.25) is 0 Å². The molecule has 0 N–H and O–H groups in total. The third kappa shape index (κ3) is 10.7. The number of likely N-dealkylation sites (tertiary alicyclic amines) is 1. The molecule has 1 heterocycles. The van der Waals surface area contributed by atoms with E-state index < -0.39 is 0 Å². The molecule has 0 saturated carbocycles. The topological polar surface area (TPSA) is 3.24 Å². The molecule has 2 aromatic carbocycles. The van der Waals surface area contributed by atoms with Crippen LogP contribution in [0, 0.1) is 4.71 Å². The second-order valence-corrected chi connectivity index (χ2v) is 5.27. The van der Waals surface area contributed by atoms with Crippen LogP contribution >= 0.6 is 0 Å². The zero-order chi connectivity index (χ0) is 13.8. The van der Waals surface area contributed by atoms with Gasteiger partial charge in [0.1, 0.15) is 0 Å². The summed E-state index contributed by atoms with van der Waals surface area (Å²) in [7, 11) is 0. The van der Waals surface area contributed by atoms with E-state index in [1.54, 1.807) is 0 Å². The molecule has 1 saturated heterocycles. The second-order valence-electron chi connectivity index (χ2n) is 4.24. The molecular weight excluding hydrogens is 321 g/mol. The standard InChI is InChI=1S/C6H10NS2.2C5H5.V/c8-6(9)7-4-2-1-3-5-7;2*1-2-4-5-3-1;/h1-5H2;2*1-5H;/q-3;-5;-1;. The summed E-state index contributed by atoms with van der Waals surface area (Å²) in [5, 5.41) is 0. The number of rotatable bonds is 1. The zero-order valence-electron chi connectivity index (χ0n) is 11.5. The fourth-order valence-electron chi connectivity index (χ4n) is 1.72. The quantitative estimate of drug-likeness (QED) is 0.573. The molecular formula is C16H20NS2V-9. The largest absolute Gasteiger partial charge is 1.02 e. The Kier molecular flexibility index (Phi) is 13.9. The van der Waals surface area contributed by atoms with Gasteiger partial charge < -0.3 is 65.2 Å². The van der Waals surface area contributed by atoms with Crippen LogP contribution in [0.1, 0.15) is 19.3 Å². The van der Waals surface area contributed by atoms with E-state index >= 15 is 0 Å². The van der Waals surface area contributed by atoms with Gasteiger partial charge in [-0.15, -0.1) is 0 Å². The number of nitrogens with zero attached hydrogens (tertiary/aromatic N) is 1. The molecule has 0 aliphatic carbocycles. The van der Waals surface area contributed by atoms with Crippen LogP contribution in [0.5, 0.6) is 0 Å². The van der Waals surface area contributed by atoms with E-state index in [-0.39, 0.29) is 18.6 Å². The van der Waals surface area contributed by atoms with E-state index in [0.717, 1.165) is 13.1 Å². The smallest absolute Gasteiger partial charge is 0 e. The molecule has 0 spiro atoms. The Labute approximate surface area is 146 Å². The van der Waals surface area contributed by atoms with E-state index in [0.29, 0.717) is 4.71 Å². The van der Waals surface area contributed by atoms with Crippen molar-refractivity contribution in [3.8, 4) is 0 Å². The molecule has 1 aliphatic heterocycles. The van der Waals surface area contributed by atoms with Crippen molar-refractivity contribution in [3.63, 3.8) is 0 Å². The van der Waals surface area contributed by atoms with Gasteiger partial charge in [0.05, 0.1) is 0 Å². The van der Waals surface area contributed by atoms with Crippen molar-refractivity contribution in [2.75, 3.05) is 13.1 Å². The predicted molar refractivity (Wildman–Crippen MR) is 87.5 cm³/mol. The summed E-state index contributed by atoms with van der Waals surface area (Å²) < 4.78 is 0.648. The van der Waals surface area contributed by atoms with Gasteiger partial charge in [-0.1, -0.05) is 6.42 Å². The molecule has 0 bridgehead atoms. The van der Waals surface area contributed by atoms with E-state index in [1.807, 2.05) is 60.7 Å². The van der Waals surface area contributed by atoms with Crippen LogP contribution in [0.4, 0.5) is 0 Å². The van der Waals surface area contributed by atoms with Crippen molar-refractivity contribution in [1.29, 1.82) is 0 Å². The summed E-state index contributed by atoms with van der Waals surface area (Å²) in [5.41, 5.74) is 0. The van der Waals surface area contributed by atoms with Crippen molar-refractivity contribution < 1.29 is 18.6 Å². The summed E-state index contributed by atoms with van der Waals surface area (Å²) in [6, 6.07) is 20.0. The first-order valence-corrected chi connectivity index (χ1v) is 7.41. The predicted octanol–water partition coefficient (Wildman–Crippen LogP) is 3.82. The van der Waals surface area contributed by atoms with Crippen molar-refractivity contribution in [2.45, 2.75) is 19.3 Å². The van der Waals surface area contributed by atoms with Gasteiger partial charge in [0.25, 0.3) is 0 Å². The van der Waals surface area contributed by atoms with E-state index in [2.05, 4.69) is 4.90 Å². The Bertz CT molecular complexity index is 293. The summed E-state index contributed by atoms with van der Waals surface area (Å²) >= 11 is 9.71. The second kappa shape index (κ2) is 13.9. The van der Waals surface area contributed by atoms with Gasteiger partial charge in [0.15, 0.2) is 0 Å². The normalized spacial score (nSPS) is 14.3. The third-order valence-electron chi connectivity index (χ3n) is 2.73.